The fourth-order valence-electron chi connectivity index (χ4n) is 1.62. The van der Waals surface area contributed by atoms with Gasteiger partial charge >= 0.3 is 6.09 Å². The Hall–Kier alpha value is -1.17. The zero-order chi connectivity index (χ0) is 11.1. The van der Waals surface area contributed by atoms with Crippen LogP contribution in [0, 0.1) is 18.3 Å². The number of amides is 1. The Bertz CT molecular complexity index is 236. The molecule has 1 aliphatic rings. The van der Waals surface area contributed by atoms with Gasteiger partial charge in [-0.1, -0.05) is 13.3 Å². The Morgan fingerprint density at radius 3 is 2.73 bits per heavy atom. The van der Waals surface area contributed by atoms with Crippen LogP contribution in [0.2, 0.25) is 0 Å². The molecule has 0 aromatic heterocycles. The summed E-state index contributed by atoms with van der Waals surface area (Å²) in [4.78, 5) is 13.3. The zero-order valence-corrected chi connectivity index (χ0v) is 9.37. The van der Waals surface area contributed by atoms with E-state index in [2.05, 4.69) is 12.8 Å². The van der Waals surface area contributed by atoms with Gasteiger partial charge in [-0.25, -0.2) is 4.79 Å². The molecule has 1 saturated heterocycles. The summed E-state index contributed by atoms with van der Waals surface area (Å²) < 4.78 is 5.13. The number of likely N-dealkylation sites (tertiary alicyclic amines) is 1. The van der Waals surface area contributed by atoms with Crippen molar-refractivity contribution in [1.29, 1.82) is 0 Å². The number of terminal acetylenes is 1. The lowest BCUT2D eigenvalue weighted by Gasteiger charge is -2.28. The summed E-state index contributed by atoms with van der Waals surface area (Å²) in [6, 6.07) is 0. The molecule has 1 rings (SSSR count). The average Bonchev–Trinajstić information content (AvgIpc) is 2.29. The first-order valence-corrected chi connectivity index (χ1v) is 5.65. The minimum absolute atomic E-state index is 0.182. The standard InChI is InChI=1S/C12H19NO2/c1-3-5-10-15-12(14)13-8-6-11(4-2)7-9-13/h2,11H,3,5-10H2,1H3. The van der Waals surface area contributed by atoms with Gasteiger partial charge < -0.3 is 9.64 Å². The van der Waals surface area contributed by atoms with E-state index in [1.165, 1.54) is 0 Å². The van der Waals surface area contributed by atoms with Gasteiger partial charge in [0.2, 0.25) is 0 Å². The van der Waals surface area contributed by atoms with Crippen LogP contribution in [0.15, 0.2) is 0 Å². The van der Waals surface area contributed by atoms with Crippen LogP contribution in [0.3, 0.4) is 0 Å². The third-order valence-corrected chi connectivity index (χ3v) is 2.71. The van der Waals surface area contributed by atoms with Gasteiger partial charge in [0, 0.05) is 19.0 Å². The van der Waals surface area contributed by atoms with Gasteiger partial charge in [0.05, 0.1) is 6.61 Å². The second-order valence-corrected chi connectivity index (χ2v) is 3.90. The van der Waals surface area contributed by atoms with Gasteiger partial charge in [-0.2, -0.15) is 0 Å². The highest BCUT2D eigenvalue weighted by Gasteiger charge is 2.22. The maximum atomic E-state index is 11.5. The Morgan fingerprint density at radius 1 is 1.53 bits per heavy atom. The molecule has 0 aromatic rings. The largest absolute Gasteiger partial charge is 0.449 e. The van der Waals surface area contributed by atoms with E-state index in [1.54, 1.807) is 4.90 Å². The molecule has 1 fully saturated rings. The minimum Gasteiger partial charge on any atom is -0.449 e. The van der Waals surface area contributed by atoms with E-state index in [0.717, 1.165) is 38.8 Å². The molecule has 15 heavy (non-hydrogen) atoms. The number of unbranched alkanes of at least 4 members (excludes halogenated alkanes) is 1. The van der Waals surface area contributed by atoms with E-state index >= 15 is 0 Å². The van der Waals surface area contributed by atoms with E-state index in [1.807, 2.05) is 0 Å². The fourth-order valence-corrected chi connectivity index (χ4v) is 1.62. The number of carbonyl (C=O) groups is 1. The first kappa shape index (κ1) is 11.9. The van der Waals surface area contributed by atoms with Crippen LogP contribution in [0.1, 0.15) is 32.6 Å². The van der Waals surface area contributed by atoms with Gasteiger partial charge in [-0.3, -0.25) is 0 Å². The number of nitrogens with zero attached hydrogens (tertiary/aromatic N) is 1. The number of hydrogen-bond acceptors (Lipinski definition) is 2. The molecule has 0 spiro atoms. The van der Waals surface area contributed by atoms with E-state index in [0.29, 0.717) is 12.5 Å². The van der Waals surface area contributed by atoms with Gasteiger partial charge in [0.1, 0.15) is 0 Å². The molecule has 0 saturated carbocycles. The second-order valence-electron chi connectivity index (χ2n) is 3.90. The van der Waals surface area contributed by atoms with Crippen molar-refractivity contribution in [3.8, 4) is 12.3 Å². The zero-order valence-electron chi connectivity index (χ0n) is 9.37. The molecule has 84 valence electrons. The van der Waals surface area contributed by atoms with Crippen molar-refractivity contribution < 1.29 is 9.53 Å². The lowest BCUT2D eigenvalue weighted by Crippen LogP contribution is -2.38. The molecule has 3 heteroatoms. The molecule has 1 heterocycles. The van der Waals surface area contributed by atoms with E-state index in [-0.39, 0.29) is 6.09 Å². The summed E-state index contributed by atoms with van der Waals surface area (Å²) in [5.74, 6) is 3.07. The van der Waals surface area contributed by atoms with Crippen molar-refractivity contribution in [1.82, 2.24) is 4.90 Å². The Kier molecular flexibility index (Phi) is 5.03. The molecule has 3 nitrogen and oxygen atoms in total. The van der Waals surface area contributed by atoms with Crippen LogP contribution >= 0.6 is 0 Å². The van der Waals surface area contributed by atoms with Crippen molar-refractivity contribution in [3.63, 3.8) is 0 Å². The minimum atomic E-state index is -0.182. The molecule has 0 aliphatic carbocycles. The van der Waals surface area contributed by atoms with Crippen LogP contribution in [-0.4, -0.2) is 30.7 Å². The second kappa shape index (κ2) is 6.34. The van der Waals surface area contributed by atoms with Crippen molar-refractivity contribution >= 4 is 6.09 Å². The van der Waals surface area contributed by atoms with Crippen molar-refractivity contribution in [2.45, 2.75) is 32.6 Å². The molecule has 0 radical (unpaired) electrons. The number of hydrogen-bond donors (Lipinski definition) is 0. The SMILES string of the molecule is C#CC1CCN(C(=O)OCCCC)CC1. The predicted molar refractivity (Wildman–Crippen MR) is 59.4 cm³/mol. The summed E-state index contributed by atoms with van der Waals surface area (Å²) >= 11 is 0. The highest BCUT2D eigenvalue weighted by molar-refractivity contribution is 5.67. The summed E-state index contributed by atoms with van der Waals surface area (Å²) in [5, 5.41) is 0. The maximum absolute atomic E-state index is 11.5. The number of rotatable bonds is 3. The molecule has 0 unspecified atom stereocenters. The highest BCUT2D eigenvalue weighted by Crippen LogP contribution is 2.16. The van der Waals surface area contributed by atoms with E-state index in [4.69, 9.17) is 11.2 Å². The number of carbonyl (C=O) groups excluding carboxylic acids is 1. The molecular formula is C12H19NO2. The smallest absolute Gasteiger partial charge is 0.409 e. The van der Waals surface area contributed by atoms with Crippen molar-refractivity contribution in [2.24, 2.45) is 5.92 Å². The summed E-state index contributed by atoms with van der Waals surface area (Å²) in [7, 11) is 0. The molecule has 0 N–H and O–H groups in total. The van der Waals surface area contributed by atoms with Gasteiger partial charge in [-0.05, 0) is 19.3 Å². The highest BCUT2D eigenvalue weighted by atomic mass is 16.6. The predicted octanol–water partition coefficient (Wildman–Crippen LogP) is 2.27. The fraction of sp³-hybridized carbons (Fsp3) is 0.750. The van der Waals surface area contributed by atoms with Crippen molar-refractivity contribution in [2.75, 3.05) is 19.7 Å². The maximum Gasteiger partial charge on any atom is 0.409 e. The van der Waals surface area contributed by atoms with Gasteiger partial charge in [-0.15, -0.1) is 12.3 Å². The quantitative estimate of drug-likeness (QED) is 0.527. The molecule has 0 aromatic carbocycles. The van der Waals surface area contributed by atoms with Gasteiger partial charge in [0.15, 0.2) is 0 Å². The third-order valence-electron chi connectivity index (χ3n) is 2.71. The number of ether oxygens (including phenoxy) is 1. The summed E-state index contributed by atoms with van der Waals surface area (Å²) in [6.45, 7) is 4.08. The summed E-state index contributed by atoms with van der Waals surface area (Å²) in [5.41, 5.74) is 0. The Morgan fingerprint density at radius 2 is 2.20 bits per heavy atom. The molecule has 0 atom stereocenters. The molecule has 1 amide bonds. The monoisotopic (exact) mass is 209 g/mol. The average molecular weight is 209 g/mol. The van der Waals surface area contributed by atoms with E-state index in [9.17, 15) is 4.79 Å². The lowest BCUT2D eigenvalue weighted by atomic mass is 9.98. The molecular weight excluding hydrogens is 190 g/mol. The van der Waals surface area contributed by atoms with Crippen molar-refractivity contribution in [3.05, 3.63) is 0 Å². The van der Waals surface area contributed by atoms with Crippen LogP contribution in [-0.2, 0) is 4.74 Å². The van der Waals surface area contributed by atoms with Crippen LogP contribution < -0.4 is 0 Å². The third kappa shape index (κ3) is 3.83. The Balaban J connectivity index is 2.21. The molecule has 0 bridgehead atoms. The Labute approximate surface area is 91.8 Å². The van der Waals surface area contributed by atoms with Crippen LogP contribution in [0.25, 0.3) is 0 Å². The molecule has 1 aliphatic heterocycles. The van der Waals surface area contributed by atoms with Crippen LogP contribution in [0.5, 0.6) is 0 Å². The number of piperidine rings is 1. The van der Waals surface area contributed by atoms with E-state index < -0.39 is 0 Å². The van der Waals surface area contributed by atoms with Gasteiger partial charge in [0.25, 0.3) is 0 Å². The normalized spacial score (nSPS) is 17.2. The van der Waals surface area contributed by atoms with Crippen LogP contribution in [0.4, 0.5) is 4.79 Å². The first-order valence-electron chi connectivity index (χ1n) is 5.65. The summed E-state index contributed by atoms with van der Waals surface area (Å²) in [6.07, 6.45) is 8.95. The first-order chi connectivity index (χ1) is 7.27. The topological polar surface area (TPSA) is 29.5 Å². The lowest BCUT2D eigenvalue weighted by molar-refractivity contribution is 0.0905.